The number of para-hydroxylation sites is 1. The van der Waals surface area contributed by atoms with E-state index in [2.05, 4.69) is 17.0 Å². The van der Waals surface area contributed by atoms with Gasteiger partial charge in [0.1, 0.15) is 11.3 Å². The average Bonchev–Trinajstić information content (AvgIpc) is 2.74. The first-order valence-corrected chi connectivity index (χ1v) is 9.69. The number of aryl methyl sites for hydroxylation is 1. The number of aliphatic hydroxyl groups excluding tert-OH is 1. The molecule has 2 unspecified atom stereocenters. The van der Waals surface area contributed by atoms with Crippen LogP contribution in [0, 0.1) is 6.92 Å². The zero-order chi connectivity index (χ0) is 19.5. The van der Waals surface area contributed by atoms with E-state index in [1.54, 1.807) is 7.11 Å². The molecule has 2 aromatic carbocycles. The molecule has 3 aromatic rings. The quantitative estimate of drug-likeness (QED) is 0.730. The van der Waals surface area contributed by atoms with Crippen LogP contribution in [-0.4, -0.2) is 43.0 Å². The molecule has 0 amide bonds. The van der Waals surface area contributed by atoms with Crippen molar-refractivity contribution in [3.63, 3.8) is 0 Å². The normalized spacial score (nSPS) is 18.2. The van der Waals surface area contributed by atoms with Crippen LogP contribution < -0.4 is 9.64 Å². The number of hydrogen-bond acceptors (Lipinski definition) is 5. The number of rotatable bonds is 5. The van der Waals surface area contributed by atoms with E-state index in [0.717, 1.165) is 40.1 Å². The van der Waals surface area contributed by atoms with Gasteiger partial charge in [-0.25, -0.2) is 4.98 Å². The molecule has 1 N–H and O–H groups in total. The summed E-state index contributed by atoms with van der Waals surface area (Å²) in [5.41, 5.74) is 3.87. The Morgan fingerprint density at radius 3 is 2.82 bits per heavy atom. The number of pyridine rings is 1. The molecular weight excluding hydrogens is 352 g/mol. The molecule has 0 bridgehead atoms. The van der Waals surface area contributed by atoms with Crippen LogP contribution in [0.4, 0.5) is 5.69 Å². The van der Waals surface area contributed by atoms with Gasteiger partial charge < -0.3 is 19.5 Å². The Kier molecular flexibility index (Phi) is 5.46. The highest BCUT2D eigenvalue weighted by molar-refractivity contribution is 5.95. The van der Waals surface area contributed by atoms with E-state index in [1.165, 1.54) is 0 Å². The number of aliphatic hydroxyl groups is 1. The minimum Gasteiger partial charge on any atom is -0.494 e. The summed E-state index contributed by atoms with van der Waals surface area (Å²) < 4.78 is 11.3. The molecule has 5 nitrogen and oxygen atoms in total. The fraction of sp³-hybridized carbons (Fsp3) is 0.348. The SMILES string of the molecule is COc1cccc2c(N3CCOCC3CC(O)c3ccccc3)cc(C)nc12. The van der Waals surface area contributed by atoms with Crippen LogP contribution in [0.15, 0.2) is 54.6 Å². The van der Waals surface area contributed by atoms with Crippen LogP contribution >= 0.6 is 0 Å². The smallest absolute Gasteiger partial charge is 0.145 e. The van der Waals surface area contributed by atoms with Gasteiger partial charge in [-0.3, -0.25) is 0 Å². The van der Waals surface area contributed by atoms with Crippen molar-refractivity contribution in [3.8, 4) is 5.75 Å². The molecule has 2 heterocycles. The van der Waals surface area contributed by atoms with Gasteiger partial charge in [0.2, 0.25) is 0 Å². The van der Waals surface area contributed by atoms with Crippen molar-refractivity contribution in [2.24, 2.45) is 0 Å². The Morgan fingerprint density at radius 2 is 2.04 bits per heavy atom. The molecule has 0 radical (unpaired) electrons. The summed E-state index contributed by atoms with van der Waals surface area (Å²) in [7, 11) is 1.67. The number of anilines is 1. The predicted molar refractivity (Wildman–Crippen MR) is 111 cm³/mol. The minimum atomic E-state index is -0.529. The van der Waals surface area contributed by atoms with Crippen molar-refractivity contribution in [1.82, 2.24) is 4.98 Å². The molecule has 1 aliphatic rings. The van der Waals surface area contributed by atoms with Crippen LogP contribution in [0.25, 0.3) is 10.9 Å². The first kappa shape index (κ1) is 18.7. The van der Waals surface area contributed by atoms with Crippen molar-refractivity contribution < 1.29 is 14.6 Å². The molecule has 1 fully saturated rings. The van der Waals surface area contributed by atoms with Crippen molar-refractivity contribution in [2.45, 2.75) is 25.5 Å². The molecule has 1 aromatic heterocycles. The molecule has 0 aliphatic carbocycles. The van der Waals surface area contributed by atoms with E-state index in [9.17, 15) is 5.11 Å². The van der Waals surface area contributed by atoms with Crippen molar-refractivity contribution in [2.75, 3.05) is 31.8 Å². The lowest BCUT2D eigenvalue weighted by Crippen LogP contribution is -2.46. The molecule has 28 heavy (non-hydrogen) atoms. The lowest BCUT2D eigenvalue weighted by Gasteiger charge is -2.39. The zero-order valence-electron chi connectivity index (χ0n) is 16.3. The standard InChI is InChI=1S/C23H26N2O3/c1-16-13-20(19-9-6-10-22(27-2)23(19)24-16)25-11-12-28-15-18(25)14-21(26)17-7-4-3-5-8-17/h3-10,13,18,21,26H,11-12,14-15H2,1-2H3. The van der Waals surface area contributed by atoms with Crippen molar-refractivity contribution in [1.29, 1.82) is 0 Å². The zero-order valence-corrected chi connectivity index (χ0v) is 16.3. The second-order valence-corrected chi connectivity index (χ2v) is 7.22. The Morgan fingerprint density at radius 1 is 1.21 bits per heavy atom. The molecule has 2 atom stereocenters. The Labute approximate surface area is 165 Å². The average molecular weight is 378 g/mol. The lowest BCUT2D eigenvalue weighted by atomic mass is 9.99. The van der Waals surface area contributed by atoms with Crippen LogP contribution in [0.5, 0.6) is 5.75 Å². The van der Waals surface area contributed by atoms with E-state index in [1.807, 2.05) is 49.4 Å². The number of aromatic nitrogens is 1. The highest BCUT2D eigenvalue weighted by atomic mass is 16.5. The van der Waals surface area contributed by atoms with Gasteiger partial charge in [0, 0.05) is 29.7 Å². The lowest BCUT2D eigenvalue weighted by molar-refractivity contribution is 0.0681. The number of benzene rings is 2. The second-order valence-electron chi connectivity index (χ2n) is 7.22. The summed E-state index contributed by atoms with van der Waals surface area (Å²) >= 11 is 0. The van der Waals surface area contributed by atoms with Gasteiger partial charge in [0.25, 0.3) is 0 Å². The Balaban J connectivity index is 1.70. The summed E-state index contributed by atoms with van der Waals surface area (Å²) in [5.74, 6) is 0.775. The van der Waals surface area contributed by atoms with Crippen LogP contribution in [0.2, 0.25) is 0 Å². The predicted octanol–water partition coefficient (Wildman–Crippen LogP) is 3.88. The molecule has 1 saturated heterocycles. The highest BCUT2D eigenvalue weighted by Gasteiger charge is 2.28. The number of nitrogens with zero attached hydrogens (tertiary/aromatic N) is 2. The van der Waals surface area contributed by atoms with E-state index < -0.39 is 6.10 Å². The van der Waals surface area contributed by atoms with Gasteiger partial charge in [-0.15, -0.1) is 0 Å². The van der Waals surface area contributed by atoms with Gasteiger partial charge in [0.15, 0.2) is 0 Å². The highest BCUT2D eigenvalue weighted by Crippen LogP contribution is 2.35. The van der Waals surface area contributed by atoms with Gasteiger partial charge in [0.05, 0.1) is 32.5 Å². The number of fused-ring (bicyclic) bond motifs is 1. The fourth-order valence-electron chi connectivity index (χ4n) is 3.97. The van der Waals surface area contributed by atoms with Crippen molar-refractivity contribution >= 4 is 16.6 Å². The third-order valence-corrected chi connectivity index (χ3v) is 5.35. The number of ether oxygens (including phenoxy) is 2. The van der Waals surface area contributed by atoms with Gasteiger partial charge in [-0.05, 0) is 24.6 Å². The molecule has 146 valence electrons. The van der Waals surface area contributed by atoms with E-state index in [-0.39, 0.29) is 6.04 Å². The van der Waals surface area contributed by atoms with E-state index >= 15 is 0 Å². The third kappa shape index (κ3) is 3.68. The first-order valence-electron chi connectivity index (χ1n) is 9.69. The summed E-state index contributed by atoms with van der Waals surface area (Å²) in [5, 5.41) is 11.8. The van der Waals surface area contributed by atoms with Crippen LogP contribution in [-0.2, 0) is 4.74 Å². The summed E-state index contributed by atoms with van der Waals surface area (Å²) in [4.78, 5) is 7.06. The third-order valence-electron chi connectivity index (χ3n) is 5.35. The largest absolute Gasteiger partial charge is 0.494 e. The summed E-state index contributed by atoms with van der Waals surface area (Å²) in [6.45, 7) is 4.05. The Bertz CT molecular complexity index is 945. The monoisotopic (exact) mass is 378 g/mol. The molecule has 0 saturated carbocycles. The van der Waals surface area contributed by atoms with E-state index in [4.69, 9.17) is 14.5 Å². The number of hydrogen-bond donors (Lipinski definition) is 1. The number of morpholine rings is 1. The maximum absolute atomic E-state index is 10.8. The van der Waals surface area contributed by atoms with Crippen LogP contribution in [0.3, 0.4) is 0 Å². The van der Waals surface area contributed by atoms with E-state index in [0.29, 0.717) is 19.6 Å². The molecular formula is C23H26N2O3. The molecule has 5 heteroatoms. The molecule has 4 rings (SSSR count). The fourth-order valence-corrected chi connectivity index (χ4v) is 3.97. The van der Waals surface area contributed by atoms with Gasteiger partial charge in [-0.1, -0.05) is 42.5 Å². The second kappa shape index (κ2) is 8.17. The Hall–Kier alpha value is -2.63. The maximum atomic E-state index is 10.8. The van der Waals surface area contributed by atoms with Gasteiger partial charge in [-0.2, -0.15) is 0 Å². The number of methoxy groups -OCH3 is 1. The topological polar surface area (TPSA) is 54.8 Å². The molecule has 1 aliphatic heterocycles. The molecule has 0 spiro atoms. The summed E-state index contributed by atoms with van der Waals surface area (Å²) in [6.07, 6.45) is 0.0794. The summed E-state index contributed by atoms with van der Waals surface area (Å²) in [6, 6.07) is 18.0. The van der Waals surface area contributed by atoms with Crippen molar-refractivity contribution in [3.05, 3.63) is 65.9 Å². The first-order chi connectivity index (χ1) is 13.7. The van der Waals surface area contributed by atoms with Crippen LogP contribution in [0.1, 0.15) is 23.8 Å². The maximum Gasteiger partial charge on any atom is 0.145 e. The van der Waals surface area contributed by atoms with Gasteiger partial charge >= 0.3 is 0 Å². The minimum absolute atomic E-state index is 0.0835.